The summed E-state index contributed by atoms with van der Waals surface area (Å²) in [6.45, 7) is 1.12. The third kappa shape index (κ3) is 6.11. The zero-order valence-corrected chi connectivity index (χ0v) is 21.6. The van der Waals surface area contributed by atoms with Gasteiger partial charge in [0.2, 0.25) is 10.0 Å². The summed E-state index contributed by atoms with van der Waals surface area (Å²) in [6.07, 6.45) is 0. The van der Waals surface area contributed by atoms with E-state index in [0.717, 1.165) is 10.4 Å². The summed E-state index contributed by atoms with van der Waals surface area (Å²) in [5.41, 5.74) is -3.96. The molecule has 0 fully saturated rings. The average molecular weight is 588 g/mol. The van der Waals surface area contributed by atoms with Gasteiger partial charge in [-0.05, 0) is 36.2 Å². The number of rotatable bonds is 9. The Balaban J connectivity index is 1.99. The first-order chi connectivity index (χ1) is 16.2. The molecule has 0 spiro atoms. The second kappa shape index (κ2) is 10.4. The third-order valence-corrected chi connectivity index (χ3v) is 8.62. The highest BCUT2D eigenvalue weighted by atomic mass is 79.9. The maximum absolute atomic E-state index is 14.2. The van der Waals surface area contributed by atoms with Crippen LogP contribution < -0.4 is 0 Å². The molecular weight excluding hydrogens is 567 g/mol. The molecule has 3 rings (SSSR count). The number of benzene rings is 3. The first kappa shape index (κ1) is 27.3. The van der Waals surface area contributed by atoms with E-state index in [1.54, 1.807) is 42.5 Å². The Morgan fingerprint density at radius 3 is 2.03 bits per heavy atom. The molecule has 0 heterocycles. The minimum Gasteiger partial charge on any atom is -0.320 e. The van der Waals surface area contributed by atoms with Crippen molar-refractivity contribution in [3.63, 3.8) is 0 Å². The average Bonchev–Trinajstić information content (AvgIpc) is 2.78. The van der Waals surface area contributed by atoms with Crippen molar-refractivity contribution in [1.29, 1.82) is 0 Å². The smallest absolute Gasteiger partial charge is 0.320 e. The van der Waals surface area contributed by atoms with Crippen LogP contribution in [0.1, 0.15) is 34.0 Å². The molecule has 3 aromatic rings. The van der Waals surface area contributed by atoms with Gasteiger partial charge in [0.05, 0.1) is 4.90 Å². The van der Waals surface area contributed by atoms with Gasteiger partial charge >= 0.3 is 13.3 Å². The van der Waals surface area contributed by atoms with Crippen molar-refractivity contribution in [2.45, 2.75) is 30.6 Å². The second-order valence-corrected chi connectivity index (χ2v) is 12.2. The predicted molar refractivity (Wildman–Crippen MR) is 129 cm³/mol. The fraction of sp³-hybridized carbons (Fsp3) is 0.174. The van der Waals surface area contributed by atoms with Gasteiger partial charge in [0.25, 0.3) is 0 Å². The third-order valence-electron chi connectivity index (χ3n) is 5.18. The van der Waals surface area contributed by atoms with E-state index in [4.69, 9.17) is 9.79 Å². The number of carbonyl (C=O) groups excluding carboxylic acids is 1. The molecule has 12 heteroatoms. The highest BCUT2D eigenvalue weighted by Crippen LogP contribution is 2.60. The summed E-state index contributed by atoms with van der Waals surface area (Å²) in [6, 6.07) is 17.3. The second-order valence-electron chi connectivity index (χ2n) is 7.74. The number of hydrogen-bond donors (Lipinski definition) is 2. The minimum atomic E-state index is -5.78. The zero-order chi connectivity index (χ0) is 26.0. The van der Waals surface area contributed by atoms with Gasteiger partial charge in [0, 0.05) is 28.7 Å². The van der Waals surface area contributed by atoms with Crippen LogP contribution in [0.15, 0.2) is 82.2 Å². The maximum atomic E-state index is 14.2. The van der Waals surface area contributed by atoms with Gasteiger partial charge in [0.15, 0.2) is 5.78 Å². The van der Waals surface area contributed by atoms with Crippen molar-refractivity contribution in [3.05, 3.63) is 99.5 Å². The lowest BCUT2D eigenvalue weighted by molar-refractivity contribution is 0.0557. The Hall–Kier alpha value is -2.27. The molecule has 0 amide bonds. The number of sulfonamides is 1. The topological polar surface area (TPSA) is 112 Å². The van der Waals surface area contributed by atoms with E-state index in [9.17, 15) is 26.6 Å². The van der Waals surface area contributed by atoms with Gasteiger partial charge in [-0.1, -0.05) is 70.5 Å². The molecule has 35 heavy (non-hydrogen) atoms. The Morgan fingerprint density at radius 1 is 0.971 bits per heavy atom. The fourth-order valence-corrected chi connectivity index (χ4v) is 6.05. The van der Waals surface area contributed by atoms with Crippen molar-refractivity contribution < 1.29 is 36.3 Å². The summed E-state index contributed by atoms with van der Waals surface area (Å²) in [7, 11) is -9.80. The molecule has 0 radical (unpaired) electrons. The summed E-state index contributed by atoms with van der Waals surface area (Å²) < 4.78 is 67.3. The summed E-state index contributed by atoms with van der Waals surface area (Å²) in [5, 5.41) is 0. The van der Waals surface area contributed by atoms with Gasteiger partial charge in [-0.2, -0.15) is 13.1 Å². The van der Waals surface area contributed by atoms with Crippen LogP contribution in [0.2, 0.25) is 0 Å². The number of halogens is 3. The highest BCUT2D eigenvalue weighted by Gasteiger charge is 2.51. The molecule has 0 atom stereocenters. The SMILES string of the molecule is CC(=O)c1ccc(CN(Cc2ccc(C(F)(F)P(=O)(O)O)c(Br)c2)S(=O)(=O)c2ccccc2)cc1. The number of nitrogens with zero attached hydrogens (tertiary/aromatic N) is 1. The number of Topliss-reactive ketones (excluding diaryl/α,β-unsaturated/α-hetero) is 1. The molecule has 2 N–H and O–H groups in total. The molecule has 7 nitrogen and oxygen atoms in total. The highest BCUT2D eigenvalue weighted by molar-refractivity contribution is 9.10. The van der Waals surface area contributed by atoms with Crippen molar-refractivity contribution in [2.24, 2.45) is 0 Å². The summed E-state index contributed by atoms with van der Waals surface area (Å²) in [5.74, 6) is -0.137. The largest absolute Gasteiger partial charge is 0.399 e. The molecule has 186 valence electrons. The normalized spacial score (nSPS) is 12.7. The lowest BCUT2D eigenvalue weighted by Crippen LogP contribution is -2.30. The summed E-state index contributed by atoms with van der Waals surface area (Å²) in [4.78, 5) is 29.6. The lowest BCUT2D eigenvalue weighted by atomic mass is 10.1. The van der Waals surface area contributed by atoms with Gasteiger partial charge < -0.3 is 9.79 Å². The van der Waals surface area contributed by atoms with E-state index in [1.807, 2.05) is 0 Å². The van der Waals surface area contributed by atoms with Gasteiger partial charge in [-0.3, -0.25) is 9.36 Å². The number of ketones is 1. The van der Waals surface area contributed by atoms with Crippen molar-refractivity contribution >= 4 is 39.3 Å². The van der Waals surface area contributed by atoms with Gasteiger partial charge in [-0.25, -0.2) is 8.42 Å². The number of carbonyl (C=O) groups is 1. The first-order valence-electron chi connectivity index (χ1n) is 10.1. The molecule has 0 aliphatic heterocycles. The van der Waals surface area contributed by atoms with Crippen molar-refractivity contribution in [2.75, 3.05) is 0 Å². The Labute approximate surface area is 209 Å². The number of alkyl halides is 2. The van der Waals surface area contributed by atoms with Gasteiger partial charge in [-0.15, -0.1) is 0 Å². The van der Waals surface area contributed by atoms with E-state index in [1.165, 1.54) is 31.2 Å². The minimum absolute atomic E-state index is 0.0316. The standard InChI is InChI=1S/C23H21BrF2NO6PS/c1-16(28)19-10-7-17(8-11-19)14-27(35(32,33)20-5-3-2-4-6-20)15-18-9-12-21(22(24)13-18)23(25,26)34(29,30)31/h2-13H,14-15H2,1H3,(H2,29,30,31). The molecule has 0 unspecified atom stereocenters. The molecule has 0 saturated carbocycles. The van der Waals surface area contributed by atoms with E-state index in [2.05, 4.69) is 15.9 Å². The van der Waals surface area contributed by atoms with E-state index < -0.39 is 28.8 Å². The van der Waals surface area contributed by atoms with E-state index in [-0.39, 0.29) is 28.2 Å². The lowest BCUT2D eigenvalue weighted by Gasteiger charge is -2.24. The van der Waals surface area contributed by atoms with Crippen molar-refractivity contribution in [1.82, 2.24) is 4.31 Å². The quantitative estimate of drug-likeness (QED) is 0.260. The van der Waals surface area contributed by atoms with Crippen LogP contribution in [0.4, 0.5) is 8.78 Å². The molecular formula is C23H21BrF2NO6PS. The Morgan fingerprint density at radius 2 is 1.51 bits per heavy atom. The zero-order valence-electron chi connectivity index (χ0n) is 18.3. The molecule has 3 aromatic carbocycles. The van der Waals surface area contributed by atoms with E-state index in [0.29, 0.717) is 16.7 Å². The fourth-order valence-electron chi connectivity index (χ4n) is 3.28. The van der Waals surface area contributed by atoms with Crippen LogP contribution in [0.25, 0.3) is 0 Å². The Bertz CT molecular complexity index is 1380. The molecule has 0 aromatic heterocycles. The van der Waals surface area contributed by atoms with E-state index >= 15 is 0 Å². The van der Waals surface area contributed by atoms with Crippen LogP contribution in [-0.4, -0.2) is 28.3 Å². The van der Waals surface area contributed by atoms with Gasteiger partial charge in [0.1, 0.15) is 0 Å². The van der Waals surface area contributed by atoms with Crippen LogP contribution in [0.5, 0.6) is 0 Å². The van der Waals surface area contributed by atoms with Crippen LogP contribution in [0.3, 0.4) is 0 Å². The van der Waals surface area contributed by atoms with Crippen LogP contribution in [0, 0.1) is 0 Å². The van der Waals surface area contributed by atoms with Crippen molar-refractivity contribution in [3.8, 4) is 0 Å². The van der Waals surface area contributed by atoms with Crippen LogP contribution >= 0.6 is 23.5 Å². The summed E-state index contributed by atoms with van der Waals surface area (Å²) >= 11 is 2.93. The van der Waals surface area contributed by atoms with Crippen LogP contribution in [-0.2, 0) is 33.3 Å². The Kier molecular flexibility index (Phi) is 8.10. The molecule has 0 bridgehead atoms. The predicted octanol–water partition coefficient (Wildman–Crippen LogP) is 5.27. The first-order valence-corrected chi connectivity index (χ1v) is 14.0. The monoisotopic (exact) mass is 587 g/mol. The maximum Gasteiger partial charge on any atom is 0.399 e. The molecule has 0 aliphatic carbocycles. The molecule has 0 aliphatic rings. The number of hydrogen-bond acceptors (Lipinski definition) is 4. The molecule has 0 saturated heterocycles.